The second kappa shape index (κ2) is 11.0. The summed E-state index contributed by atoms with van der Waals surface area (Å²) in [5, 5.41) is 0. The molecule has 1 saturated heterocycles. The summed E-state index contributed by atoms with van der Waals surface area (Å²) >= 11 is 0. The number of piperazine rings is 1. The Balaban J connectivity index is 1.30. The molecule has 0 spiro atoms. The van der Waals surface area contributed by atoms with E-state index in [9.17, 15) is 0 Å². The van der Waals surface area contributed by atoms with E-state index in [2.05, 4.69) is 77.7 Å². The molecule has 2 aromatic carbocycles. The van der Waals surface area contributed by atoms with Crippen molar-refractivity contribution in [1.82, 2.24) is 19.4 Å². The number of aryl methyl sites for hydroxylation is 4. The Bertz CT molecular complexity index is 984. The van der Waals surface area contributed by atoms with E-state index >= 15 is 0 Å². The first-order chi connectivity index (χ1) is 15.6. The molecule has 32 heavy (non-hydrogen) atoms. The fourth-order valence-electron chi connectivity index (χ4n) is 4.68. The number of imidazole rings is 1. The van der Waals surface area contributed by atoms with Gasteiger partial charge in [0.2, 0.25) is 0 Å². The molecule has 0 unspecified atom stereocenters. The molecule has 0 aliphatic carbocycles. The number of aromatic nitrogens is 2. The number of hydrogen-bond acceptors (Lipinski definition) is 4. The Labute approximate surface area is 193 Å². The lowest BCUT2D eigenvalue weighted by molar-refractivity contribution is 0.152. The number of nitrogens with zero attached hydrogens (tertiary/aromatic N) is 4. The Kier molecular flexibility index (Phi) is 7.82. The quantitative estimate of drug-likeness (QED) is 0.434. The molecule has 0 saturated carbocycles. The molecule has 3 aromatic rings. The van der Waals surface area contributed by atoms with Crippen molar-refractivity contribution in [2.24, 2.45) is 0 Å². The molecule has 1 aromatic heterocycles. The van der Waals surface area contributed by atoms with Gasteiger partial charge in [0.1, 0.15) is 11.6 Å². The molecule has 1 aliphatic heterocycles. The first-order valence-corrected chi connectivity index (χ1v) is 12.1. The second-order valence-electron chi connectivity index (χ2n) is 9.30. The van der Waals surface area contributed by atoms with Crippen LogP contribution in [0, 0.1) is 13.8 Å². The summed E-state index contributed by atoms with van der Waals surface area (Å²) in [4.78, 5) is 9.99. The molecule has 1 aliphatic rings. The van der Waals surface area contributed by atoms with Crippen LogP contribution in [0.1, 0.15) is 36.2 Å². The zero-order valence-electron chi connectivity index (χ0n) is 20.0. The normalized spacial score (nSPS) is 15.5. The zero-order valence-corrected chi connectivity index (χ0v) is 20.0. The predicted octanol–water partition coefficient (Wildman–Crippen LogP) is 4.69. The molecule has 0 bridgehead atoms. The van der Waals surface area contributed by atoms with Crippen molar-refractivity contribution in [3.8, 4) is 5.75 Å². The number of unbranched alkanes of at least 4 members (excludes halogenated alkanes) is 1. The van der Waals surface area contributed by atoms with E-state index in [1.807, 2.05) is 0 Å². The van der Waals surface area contributed by atoms with Crippen molar-refractivity contribution in [3.63, 3.8) is 0 Å². The predicted molar refractivity (Wildman–Crippen MR) is 133 cm³/mol. The van der Waals surface area contributed by atoms with E-state index in [0.29, 0.717) is 0 Å². The monoisotopic (exact) mass is 434 g/mol. The summed E-state index contributed by atoms with van der Waals surface area (Å²) in [6.45, 7) is 11.9. The topological polar surface area (TPSA) is 33.5 Å². The van der Waals surface area contributed by atoms with Crippen LogP contribution in [-0.2, 0) is 13.0 Å². The lowest BCUT2D eigenvalue weighted by Gasteiger charge is -2.32. The Hall–Kier alpha value is -2.37. The molecular formula is C27H38N4O. The van der Waals surface area contributed by atoms with Crippen LogP contribution in [0.4, 0.5) is 0 Å². The van der Waals surface area contributed by atoms with Gasteiger partial charge in [-0.05, 0) is 82.1 Å². The first-order valence-electron chi connectivity index (χ1n) is 12.1. The lowest BCUT2D eigenvalue weighted by atomic mass is 10.1. The fraction of sp³-hybridized carbons (Fsp3) is 0.519. The molecular weight excluding hydrogens is 396 g/mol. The Morgan fingerprint density at radius 3 is 2.41 bits per heavy atom. The number of benzene rings is 2. The van der Waals surface area contributed by atoms with Gasteiger partial charge in [-0.15, -0.1) is 0 Å². The van der Waals surface area contributed by atoms with E-state index in [4.69, 9.17) is 9.72 Å². The number of rotatable bonds is 10. The van der Waals surface area contributed by atoms with E-state index in [-0.39, 0.29) is 0 Å². The molecule has 1 fully saturated rings. The van der Waals surface area contributed by atoms with E-state index < -0.39 is 0 Å². The highest BCUT2D eigenvalue weighted by molar-refractivity contribution is 5.75. The van der Waals surface area contributed by atoms with Crippen LogP contribution in [-0.4, -0.2) is 65.7 Å². The molecule has 0 amide bonds. The minimum absolute atomic E-state index is 0.758. The van der Waals surface area contributed by atoms with Crippen LogP contribution < -0.4 is 4.74 Å². The third-order valence-electron chi connectivity index (χ3n) is 6.44. The van der Waals surface area contributed by atoms with Crippen LogP contribution in [0.15, 0.2) is 42.5 Å². The maximum Gasteiger partial charge on any atom is 0.119 e. The fourth-order valence-corrected chi connectivity index (χ4v) is 4.68. The molecule has 172 valence electrons. The number of ether oxygens (including phenoxy) is 1. The third kappa shape index (κ3) is 6.11. The summed E-state index contributed by atoms with van der Waals surface area (Å²) in [7, 11) is 2.21. The van der Waals surface area contributed by atoms with Crippen LogP contribution >= 0.6 is 0 Å². The van der Waals surface area contributed by atoms with E-state index in [1.165, 1.54) is 61.6 Å². The standard InChI is InChI=1S/C27H38N4O/c1-22-19-23(2)21-24(20-22)32-18-7-6-13-31-26-10-5-4-9-25(26)28-27(31)11-8-12-30-16-14-29(3)15-17-30/h4-5,9-10,19-21H,6-8,11-18H2,1-3H3. The van der Waals surface area contributed by atoms with E-state index in [0.717, 1.165) is 43.7 Å². The van der Waals surface area contributed by atoms with Crippen LogP contribution in [0.25, 0.3) is 11.0 Å². The lowest BCUT2D eigenvalue weighted by Crippen LogP contribution is -2.44. The van der Waals surface area contributed by atoms with Crippen LogP contribution in [0.5, 0.6) is 5.75 Å². The van der Waals surface area contributed by atoms with Gasteiger partial charge in [0.15, 0.2) is 0 Å². The number of likely N-dealkylation sites (N-methyl/N-ethyl adjacent to an activating group) is 1. The van der Waals surface area contributed by atoms with Crippen molar-refractivity contribution in [1.29, 1.82) is 0 Å². The van der Waals surface area contributed by atoms with Gasteiger partial charge in [-0.1, -0.05) is 18.2 Å². The van der Waals surface area contributed by atoms with Crippen LogP contribution in [0.2, 0.25) is 0 Å². The van der Waals surface area contributed by atoms with Gasteiger partial charge in [0.25, 0.3) is 0 Å². The van der Waals surface area contributed by atoms with Gasteiger partial charge >= 0.3 is 0 Å². The SMILES string of the molecule is Cc1cc(C)cc(OCCCCn2c(CCCN3CCN(C)CC3)nc3ccccc32)c1. The number of para-hydroxylation sites is 2. The van der Waals surface area contributed by atoms with Crippen molar-refractivity contribution < 1.29 is 4.74 Å². The Morgan fingerprint density at radius 1 is 0.875 bits per heavy atom. The van der Waals surface area contributed by atoms with Gasteiger partial charge in [0, 0.05) is 39.1 Å². The van der Waals surface area contributed by atoms with Gasteiger partial charge in [-0.2, -0.15) is 0 Å². The largest absolute Gasteiger partial charge is 0.494 e. The maximum atomic E-state index is 6.01. The Morgan fingerprint density at radius 2 is 1.62 bits per heavy atom. The summed E-state index contributed by atoms with van der Waals surface area (Å²) in [6, 6.07) is 15.0. The molecule has 0 atom stereocenters. The average molecular weight is 435 g/mol. The van der Waals surface area contributed by atoms with Crippen molar-refractivity contribution in [3.05, 3.63) is 59.4 Å². The molecule has 2 heterocycles. The smallest absolute Gasteiger partial charge is 0.119 e. The zero-order chi connectivity index (χ0) is 22.3. The summed E-state index contributed by atoms with van der Waals surface area (Å²) in [5.41, 5.74) is 4.89. The third-order valence-corrected chi connectivity index (χ3v) is 6.44. The van der Waals surface area contributed by atoms with Gasteiger partial charge < -0.3 is 19.1 Å². The highest BCUT2D eigenvalue weighted by Crippen LogP contribution is 2.19. The molecule has 0 N–H and O–H groups in total. The maximum absolute atomic E-state index is 6.01. The van der Waals surface area contributed by atoms with Crippen molar-refractivity contribution in [2.75, 3.05) is 46.4 Å². The van der Waals surface area contributed by atoms with Gasteiger partial charge in [-0.3, -0.25) is 0 Å². The molecule has 4 rings (SSSR count). The van der Waals surface area contributed by atoms with Gasteiger partial charge in [-0.25, -0.2) is 4.98 Å². The highest BCUT2D eigenvalue weighted by atomic mass is 16.5. The molecule has 0 radical (unpaired) electrons. The minimum atomic E-state index is 0.758. The number of fused-ring (bicyclic) bond motifs is 1. The molecule has 5 heteroatoms. The van der Waals surface area contributed by atoms with E-state index in [1.54, 1.807) is 0 Å². The summed E-state index contributed by atoms with van der Waals surface area (Å²) in [6.07, 6.45) is 4.35. The van der Waals surface area contributed by atoms with Crippen molar-refractivity contribution in [2.45, 2.75) is 46.1 Å². The highest BCUT2D eigenvalue weighted by Gasteiger charge is 2.15. The van der Waals surface area contributed by atoms with Crippen molar-refractivity contribution >= 4 is 11.0 Å². The second-order valence-corrected chi connectivity index (χ2v) is 9.30. The summed E-state index contributed by atoms with van der Waals surface area (Å²) < 4.78 is 8.45. The van der Waals surface area contributed by atoms with Gasteiger partial charge in [0.05, 0.1) is 17.6 Å². The first kappa shape index (κ1) is 22.8. The van der Waals surface area contributed by atoms with Crippen LogP contribution in [0.3, 0.4) is 0 Å². The number of hydrogen-bond donors (Lipinski definition) is 0. The summed E-state index contributed by atoms with van der Waals surface area (Å²) in [5.74, 6) is 2.22. The minimum Gasteiger partial charge on any atom is -0.494 e. The average Bonchev–Trinajstić information content (AvgIpc) is 3.12. The molecule has 5 nitrogen and oxygen atoms in total.